The van der Waals surface area contributed by atoms with Crippen molar-refractivity contribution in [3.63, 3.8) is 0 Å². The first-order valence-electron chi connectivity index (χ1n) is 8.39. The van der Waals surface area contributed by atoms with Gasteiger partial charge in [0.05, 0.1) is 24.2 Å². The second-order valence-corrected chi connectivity index (χ2v) is 6.84. The van der Waals surface area contributed by atoms with E-state index in [1.165, 1.54) is 0 Å². The summed E-state index contributed by atoms with van der Waals surface area (Å²) in [5, 5.41) is 6.54. The van der Waals surface area contributed by atoms with Gasteiger partial charge in [-0.1, -0.05) is 23.2 Å². The molecule has 0 aliphatic carbocycles. The summed E-state index contributed by atoms with van der Waals surface area (Å²) in [4.78, 5) is 16.4. The Kier molecular flexibility index (Phi) is 4.76. The van der Waals surface area contributed by atoms with E-state index in [4.69, 9.17) is 32.4 Å². The molecular formula is C19H15Cl2N3O3. The Bertz CT molecular complexity index is 1150. The van der Waals surface area contributed by atoms with Crippen molar-refractivity contribution in [3.8, 4) is 0 Å². The van der Waals surface area contributed by atoms with Crippen LogP contribution in [0.3, 0.4) is 0 Å². The predicted molar refractivity (Wildman–Crippen MR) is 103 cm³/mol. The molecule has 6 nitrogen and oxygen atoms in total. The summed E-state index contributed by atoms with van der Waals surface area (Å²) < 4.78 is 12.6. The van der Waals surface area contributed by atoms with E-state index >= 15 is 0 Å². The lowest BCUT2D eigenvalue weighted by atomic mass is 10.1. The van der Waals surface area contributed by atoms with E-state index in [-0.39, 0.29) is 12.4 Å². The van der Waals surface area contributed by atoms with Gasteiger partial charge in [-0.3, -0.25) is 9.48 Å². The normalized spacial score (nSPS) is 11.4. The van der Waals surface area contributed by atoms with Crippen LogP contribution in [0.15, 0.2) is 40.8 Å². The number of oxazole rings is 1. The molecule has 0 amide bonds. The summed E-state index contributed by atoms with van der Waals surface area (Å²) in [6.45, 7) is 2.40. The van der Waals surface area contributed by atoms with E-state index in [1.54, 1.807) is 41.9 Å². The third-order valence-corrected chi connectivity index (χ3v) is 4.56. The molecule has 0 saturated heterocycles. The van der Waals surface area contributed by atoms with Crippen LogP contribution in [-0.2, 0) is 22.5 Å². The van der Waals surface area contributed by atoms with Gasteiger partial charge in [-0.15, -0.1) is 0 Å². The number of rotatable bonds is 5. The number of benzene rings is 2. The maximum absolute atomic E-state index is 11.9. The molecule has 4 rings (SSSR count). The third-order valence-electron chi connectivity index (χ3n) is 4.09. The van der Waals surface area contributed by atoms with Crippen LogP contribution >= 0.6 is 23.2 Å². The van der Waals surface area contributed by atoms with Crippen LogP contribution in [0.2, 0.25) is 10.0 Å². The zero-order valence-electron chi connectivity index (χ0n) is 14.4. The Balaban J connectivity index is 1.72. The van der Waals surface area contributed by atoms with E-state index in [0.717, 1.165) is 10.9 Å². The van der Waals surface area contributed by atoms with Crippen molar-refractivity contribution in [2.24, 2.45) is 0 Å². The minimum Gasteiger partial charge on any atom is -0.466 e. The largest absolute Gasteiger partial charge is 0.466 e. The molecule has 2 aromatic heterocycles. The summed E-state index contributed by atoms with van der Waals surface area (Å²) in [5.41, 5.74) is 2.77. The first kappa shape index (κ1) is 17.8. The van der Waals surface area contributed by atoms with Gasteiger partial charge in [0.15, 0.2) is 5.58 Å². The Labute approximate surface area is 164 Å². The van der Waals surface area contributed by atoms with Gasteiger partial charge in [-0.05, 0) is 43.3 Å². The van der Waals surface area contributed by atoms with Crippen molar-refractivity contribution in [1.82, 2.24) is 14.8 Å². The van der Waals surface area contributed by atoms with Crippen LogP contribution < -0.4 is 0 Å². The molecule has 0 spiro atoms. The van der Waals surface area contributed by atoms with E-state index in [2.05, 4.69) is 10.1 Å². The highest BCUT2D eigenvalue weighted by Gasteiger charge is 2.17. The number of carbonyl (C=O) groups excluding carboxylic acids is 1. The van der Waals surface area contributed by atoms with Gasteiger partial charge < -0.3 is 9.15 Å². The number of carbonyl (C=O) groups is 1. The number of ether oxygens (including phenoxy) is 1. The van der Waals surface area contributed by atoms with Crippen LogP contribution in [0.5, 0.6) is 0 Å². The predicted octanol–water partition coefficient (Wildman–Crippen LogP) is 4.64. The molecule has 0 aliphatic rings. The quantitative estimate of drug-likeness (QED) is 0.454. The molecular weight excluding hydrogens is 389 g/mol. The number of nitrogens with zero attached hydrogens (tertiary/aromatic N) is 3. The van der Waals surface area contributed by atoms with Crippen molar-refractivity contribution in [2.45, 2.75) is 19.9 Å². The van der Waals surface area contributed by atoms with Gasteiger partial charge in [0.1, 0.15) is 12.1 Å². The SMILES string of the molecule is CCOC(=O)Cc1nn(Cc2nc3cc(Cl)ccc3o2)c2ccc(Cl)cc12. The van der Waals surface area contributed by atoms with Crippen LogP contribution in [0.25, 0.3) is 22.0 Å². The van der Waals surface area contributed by atoms with Crippen molar-refractivity contribution in [1.29, 1.82) is 0 Å². The van der Waals surface area contributed by atoms with Crippen LogP contribution in [0.4, 0.5) is 0 Å². The fraction of sp³-hybridized carbons (Fsp3) is 0.211. The second-order valence-electron chi connectivity index (χ2n) is 5.97. The number of fused-ring (bicyclic) bond motifs is 2. The standard InChI is InChI=1S/C19H15Cl2N3O3/c1-2-26-19(25)9-14-13-7-11(20)3-5-16(13)24(23-14)10-18-22-15-8-12(21)4-6-17(15)27-18/h3-8H,2,9-10H2,1H3. The number of aromatic nitrogens is 3. The molecule has 0 saturated carbocycles. The Morgan fingerprint density at radius 1 is 1.19 bits per heavy atom. The molecule has 0 unspecified atom stereocenters. The van der Waals surface area contributed by atoms with Crippen molar-refractivity contribution >= 4 is 51.2 Å². The molecule has 0 N–H and O–H groups in total. The van der Waals surface area contributed by atoms with Gasteiger partial charge >= 0.3 is 5.97 Å². The summed E-state index contributed by atoms with van der Waals surface area (Å²) in [7, 11) is 0. The minimum atomic E-state index is -0.333. The van der Waals surface area contributed by atoms with Crippen molar-refractivity contribution in [2.75, 3.05) is 6.61 Å². The highest BCUT2D eigenvalue weighted by Crippen LogP contribution is 2.25. The van der Waals surface area contributed by atoms with E-state index in [9.17, 15) is 4.79 Å². The summed E-state index contributed by atoms with van der Waals surface area (Å²) >= 11 is 12.1. The van der Waals surface area contributed by atoms with Crippen LogP contribution in [-0.4, -0.2) is 27.3 Å². The first-order chi connectivity index (χ1) is 13.0. The Morgan fingerprint density at radius 2 is 1.96 bits per heavy atom. The summed E-state index contributed by atoms with van der Waals surface area (Å²) in [6.07, 6.45) is 0.0703. The van der Waals surface area contributed by atoms with Gasteiger partial charge in [0.25, 0.3) is 0 Å². The number of esters is 1. The smallest absolute Gasteiger partial charge is 0.311 e. The lowest BCUT2D eigenvalue weighted by molar-refractivity contribution is -0.142. The fourth-order valence-corrected chi connectivity index (χ4v) is 3.30. The molecule has 0 bridgehead atoms. The zero-order valence-corrected chi connectivity index (χ0v) is 15.9. The van der Waals surface area contributed by atoms with Crippen LogP contribution in [0.1, 0.15) is 18.5 Å². The highest BCUT2D eigenvalue weighted by atomic mass is 35.5. The topological polar surface area (TPSA) is 70.2 Å². The molecule has 0 atom stereocenters. The van der Waals surface area contributed by atoms with Crippen molar-refractivity contribution < 1.29 is 13.9 Å². The molecule has 0 radical (unpaired) electrons. The molecule has 0 aliphatic heterocycles. The molecule has 27 heavy (non-hydrogen) atoms. The molecule has 0 fully saturated rings. The van der Waals surface area contributed by atoms with E-state index < -0.39 is 0 Å². The van der Waals surface area contributed by atoms with Crippen molar-refractivity contribution in [3.05, 3.63) is 58.0 Å². The average molecular weight is 404 g/mol. The van der Waals surface area contributed by atoms with Gasteiger partial charge in [-0.2, -0.15) is 5.10 Å². The molecule has 2 aromatic carbocycles. The maximum atomic E-state index is 11.9. The van der Waals surface area contributed by atoms with E-state index in [1.807, 2.05) is 6.07 Å². The molecule has 8 heteroatoms. The summed E-state index contributed by atoms with van der Waals surface area (Å²) in [6, 6.07) is 10.7. The van der Waals surface area contributed by atoms with Gasteiger partial charge in [0.2, 0.25) is 5.89 Å². The second kappa shape index (κ2) is 7.21. The third kappa shape index (κ3) is 3.63. The average Bonchev–Trinajstić information content (AvgIpc) is 3.16. The molecule has 4 aromatic rings. The maximum Gasteiger partial charge on any atom is 0.311 e. The Morgan fingerprint density at radius 3 is 2.78 bits per heavy atom. The van der Waals surface area contributed by atoms with Gasteiger partial charge in [-0.25, -0.2) is 4.98 Å². The lowest BCUT2D eigenvalue weighted by Crippen LogP contribution is -2.09. The van der Waals surface area contributed by atoms with E-state index in [0.29, 0.717) is 45.9 Å². The minimum absolute atomic E-state index is 0.0703. The lowest BCUT2D eigenvalue weighted by Gasteiger charge is -1.99. The fourth-order valence-electron chi connectivity index (χ4n) is 2.96. The zero-order chi connectivity index (χ0) is 19.0. The van der Waals surface area contributed by atoms with Crippen LogP contribution in [0, 0.1) is 0 Å². The van der Waals surface area contributed by atoms with Gasteiger partial charge in [0, 0.05) is 15.4 Å². The highest BCUT2D eigenvalue weighted by molar-refractivity contribution is 6.31. The monoisotopic (exact) mass is 403 g/mol. The first-order valence-corrected chi connectivity index (χ1v) is 9.14. The molecule has 2 heterocycles. The number of halogens is 2. The molecule has 138 valence electrons. The number of hydrogen-bond donors (Lipinski definition) is 0. The Hall–Kier alpha value is -2.57. The number of hydrogen-bond acceptors (Lipinski definition) is 5. The summed E-state index contributed by atoms with van der Waals surface area (Å²) in [5.74, 6) is 0.162.